The van der Waals surface area contributed by atoms with Crippen LogP contribution in [-0.4, -0.2) is 12.1 Å². The van der Waals surface area contributed by atoms with E-state index in [4.69, 9.17) is 0 Å². The summed E-state index contributed by atoms with van der Waals surface area (Å²) in [7, 11) is 0. The maximum Gasteiger partial charge on any atom is 0.00896 e. The van der Waals surface area contributed by atoms with Gasteiger partial charge in [-0.1, -0.05) is 36.4 Å². The molecule has 19 heavy (non-hydrogen) atoms. The standard InChI is InChI=1S/C17H21NS/c1-13(10-17-8-5-9-19-17)18-16-11-15(12-16)14-6-3-2-4-7-14/h2-9,13,15-16,18H,10-12H2,1H3. The molecule has 0 saturated heterocycles. The Bertz CT molecular complexity index is 485. The molecule has 1 unspecified atom stereocenters. The van der Waals surface area contributed by atoms with Crippen LogP contribution in [-0.2, 0) is 6.42 Å². The van der Waals surface area contributed by atoms with E-state index in [1.165, 1.54) is 23.3 Å². The lowest BCUT2D eigenvalue weighted by Gasteiger charge is -2.38. The van der Waals surface area contributed by atoms with Crippen molar-refractivity contribution >= 4 is 11.3 Å². The van der Waals surface area contributed by atoms with Gasteiger partial charge in [-0.15, -0.1) is 11.3 Å². The van der Waals surface area contributed by atoms with Crippen LogP contribution < -0.4 is 5.32 Å². The van der Waals surface area contributed by atoms with Crippen LogP contribution in [0.25, 0.3) is 0 Å². The van der Waals surface area contributed by atoms with E-state index >= 15 is 0 Å². The Kier molecular flexibility index (Phi) is 4.00. The second-order valence-corrected chi connectivity index (χ2v) is 6.66. The molecule has 1 aliphatic rings. The summed E-state index contributed by atoms with van der Waals surface area (Å²) in [5, 5.41) is 5.92. The molecule has 1 aromatic heterocycles. The zero-order chi connectivity index (χ0) is 13.1. The molecule has 2 aromatic rings. The minimum atomic E-state index is 0.584. The molecule has 1 nitrogen and oxygen atoms in total. The van der Waals surface area contributed by atoms with Gasteiger partial charge in [-0.2, -0.15) is 0 Å². The molecule has 100 valence electrons. The first kappa shape index (κ1) is 12.9. The molecule has 0 bridgehead atoms. The largest absolute Gasteiger partial charge is 0.311 e. The van der Waals surface area contributed by atoms with Gasteiger partial charge in [0, 0.05) is 17.0 Å². The summed E-state index contributed by atoms with van der Waals surface area (Å²) in [6, 6.07) is 16.6. The normalized spacial score (nSPS) is 23.8. The Balaban J connectivity index is 1.44. The molecule has 1 atom stereocenters. The molecule has 3 rings (SSSR count). The molecule has 1 aliphatic carbocycles. The summed E-state index contributed by atoms with van der Waals surface area (Å²) in [6.07, 6.45) is 3.74. The third-order valence-corrected chi connectivity index (χ3v) is 4.92. The van der Waals surface area contributed by atoms with E-state index in [1.807, 2.05) is 11.3 Å². The van der Waals surface area contributed by atoms with Crippen molar-refractivity contribution in [1.82, 2.24) is 5.32 Å². The van der Waals surface area contributed by atoms with Crippen molar-refractivity contribution in [3.63, 3.8) is 0 Å². The molecule has 1 fully saturated rings. The van der Waals surface area contributed by atoms with Crippen LogP contribution >= 0.6 is 11.3 Å². The molecular weight excluding hydrogens is 250 g/mol. The quantitative estimate of drug-likeness (QED) is 0.858. The Hall–Kier alpha value is -1.12. The monoisotopic (exact) mass is 271 g/mol. The van der Waals surface area contributed by atoms with Gasteiger partial charge in [-0.3, -0.25) is 0 Å². The third-order valence-electron chi connectivity index (χ3n) is 4.02. The van der Waals surface area contributed by atoms with Crippen molar-refractivity contribution in [2.75, 3.05) is 0 Å². The maximum absolute atomic E-state index is 3.76. The number of nitrogens with one attached hydrogen (secondary N) is 1. The van der Waals surface area contributed by atoms with Gasteiger partial charge in [0.2, 0.25) is 0 Å². The molecule has 2 heteroatoms. The van der Waals surface area contributed by atoms with Gasteiger partial charge in [-0.25, -0.2) is 0 Å². The highest BCUT2D eigenvalue weighted by Crippen LogP contribution is 2.36. The highest BCUT2D eigenvalue weighted by molar-refractivity contribution is 7.09. The van der Waals surface area contributed by atoms with Crippen molar-refractivity contribution in [2.45, 2.75) is 44.2 Å². The lowest BCUT2D eigenvalue weighted by molar-refractivity contribution is 0.269. The second kappa shape index (κ2) is 5.89. The predicted octanol–water partition coefficient (Wildman–Crippen LogP) is 4.21. The van der Waals surface area contributed by atoms with Crippen LogP contribution in [0.4, 0.5) is 0 Å². The van der Waals surface area contributed by atoms with Crippen LogP contribution in [0.5, 0.6) is 0 Å². The highest BCUT2D eigenvalue weighted by Gasteiger charge is 2.30. The molecule has 1 aromatic carbocycles. The molecule has 0 amide bonds. The van der Waals surface area contributed by atoms with E-state index in [-0.39, 0.29) is 0 Å². The van der Waals surface area contributed by atoms with Gasteiger partial charge in [0.05, 0.1) is 0 Å². The van der Waals surface area contributed by atoms with E-state index in [1.54, 1.807) is 0 Å². The van der Waals surface area contributed by atoms with Crippen LogP contribution in [0.1, 0.15) is 36.1 Å². The van der Waals surface area contributed by atoms with Crippen molar-refractivity contribution in [2.24, 2.45) is 0 Å². The number of rotatable bonds is 5. The lowest BCUT2D eigenvalue weighted by Crippen LogP contribution is -2.45. The summed E-state index contributed by atoms with van der Waals surface area (Å²) in [6.45, 7) is 2.30. The predicted molar refractivity (Wildman–Crippen MR) is 82.8 cm³/mol. The topological polar surface area (TPSA) is 12.0 Å². The van der Waals surface area contributed by atoms with Gasteiger partial charge in [0.1, 0.15) is 0 Å². The summed E-state index contributed by atoms with van der Waals surface area (Å²) in [5.74, 6) is 0.771. The molecular formula is C17H21NS. The second-order valence-electron chi connectivity index (χ2n) is 5.63. The summed E-state index contributed by atoms with van der Waals surface area (Å²) < 4.78 is 0. The zero-order valence-corrected chi connectivity index (χ0v) is 12.2. The van der Waals surface area contributed by atoms with Crippen LogP contribution in [0, 0.1) is 0 Å². The fourth-order valence-corrected chi connectivity index (χ4v) is 3.78. The fourth-order valence-electron chi connectivity index (χ4n) is 2.94. The zero-order valence-electron chi connectivity index (χ0n) is 11.4. The maximum atomic E-state index is 3.76. The number of benzene rings is 1. The fraction of sp³-hybridized carbons (Fsp3) is 0.412. The molecule has 0 radical (unpaired) electrons. The molecule has 1 saturated carbocycles. The molecule has 0 aliphatic heterocycles. The van der Waals surface area contributed by atoms with E-state index in [9.17, 15) is 0 Å². The first-order valence-corrected chi connectivity index (χ1v) is 8.02. The van der Waals surface area contributed by atoms with E-state index < -0.39 is 0 Å². The van der Waals surface area contributed by atoms with Gasteiger partial charge in [0.15, 0.2) is 0 Å². The molecule has 1 heterocycles. The highest BCUT2D eigenvalue weighted by atomic mass is 32.1. The summed E-state index contributed by atoms with van der Waals surface area (Å²) >= 11 is 1.86. The van der Waals surface area contributed by atoms with Gasteiger partial charge < -0.3 is 5.32 Å². The Morgan fingerprint density at radius 3 is 2.63 bits per heavy atom. The summed E-state index contributed by atoms with van der Waals surface area (Å²) in [5.41, 5.74) is 1.51. The SMILES string of the molecule is CC(Cc1cccs1)NC1CC(c2ccccc2)C1. The molecule has 0 spiro atoms. The van der Waals surface area contributed by atoms with Crippen molar-refractivity contribution in [3.05, 3.63) is 58.3 Å². The first-order chi connectivity index (χ1) is 9.31. The van der Waals surface area contributed by atoms with Crippen LogP contribution in [0.15, 0.2) is 47.8 Å². The average molecular weight is 271 g/mol. The Morgan fingerprint density at radius 1 is 1.16 bits per heavy atom. The van der Waals surface area contributed by atoms with Crippen LogP contribution in [0.3, 0.4) is 0 Å². The van der Waals surface area contributed by atoms with E-state index in [0.717, 1.165) is 12.3 Å². The van der Waals surface area contributed by atoms with Gasteiger partial charge in [0.25, 0.3) is 0 Å². The van der Waals surface area contributed by atoms with Gasteiger partial charge >= 0.3 is 0 Å². The minimum absolute atomic E-state index is 0.584. The number of thiophene rings is 1. The number of hydrogen-bond donors (Lipinski definition) is 1. The van der Waals surface area contributed by atoms with E-state index in [2.05, 4.69) is 60.1 Å². The smallest absolute Gasteiger partial charge is 0.00896 e. The van der Waals surface area contributed by atoms with Crippen molar-refractivity contribution in [1.29, 1.82) is 0 Å². The third kappa shape index (κ3) is 3.26. The van der Waals surface area contributed by atoms with Crippen molar-refractivity contribution < 1.29 is 0 Å². The van der Waals surface area contributed by atoms with Crippen LogP contribution in [0.2, 0.25) is 0 Å². The Labute approximate surface area is 119 Å². The first-order valence-electron chi connectivity index (χ1n) is 7.14. The number of hydrogen-bond acceptors (Lipinski definition) is 2. The molecule has 1 N–H and O–H groups in total. The average Bonchev–Trinajstić information content (AvgIpc) is 2.87. The lowest BCUT2D eigenvalue weighted by atomic mass is 9.75. The Morgan fingerprint density at radius 2 is 1.95 bits per heavy atom. The summed E-state index contributed by atoms with van der Waals surface area (Å²) in [4.78, 5) is 1.49. The van der Waals surface area contributed by atoms with Gasteiger partial charge in [-0.05, 0) is 49.1 Å². The van der Waals surface area contributed by atoms with E-state index in [0.29, 0.717) is 12.1 Å². The van der Waals surface area contributed by atoms with Crippen molar-refractivity contribution in [3.8, 4) is 0 Å². The minimum Gasteiger partial charge on any atom is -0.311 e.